The van der Waals surface area contributed by atoms with E-state index in [1.165, 1.54) is 29.7 Å². The predicted octanol–water partition coefficient (Wildman–Crippen LogP) is 3.19. The number of anilines is 2. The van der Waals surface area contributed by atoms with Crippen molar-refractivity contribution in [3.05, 3.63) is 58.7 Å². The molecule has 6 heteroatoms. The summed E-state index contributed by atoms with van der Waals surface area (Å²) < 4.78 is 0. The largest absolute Gasteiger partial charge is 0.374 e. The summed E-state index contributed by atoms with van der Waals surface area (Å²) in [6.45, 7) is 7.36. The van der Waals surface area contributed by atoms with Crippen LogP contribution >= 0.6 is 0 Å². The van der Waals surface area contributed by atoms with Crippen LogP contribution in [0.25, 0.3) is 0 Å². The summed E-state index contributed by atoms with van der Waals surface area (Å²) in [6.07, 6.45) is 3.40. The molecule has 1 saturated heterocycles. The second-order valence-electron chi connectivity index (χ2n) is 8.75. The van der Waals surface area contributed by atoms with Crippen LogP contribution in [0, 0.1) is 13.8 Å². The summed E-state index contributed by atoms with van der Waals surface area (Å²) in [5.41, 5.74) is 6.47. The Morgan fingerprint density at radius 2 is 1.71 bits per heavy atom. The minimum atomic E-state index is -0.617. The summed E-state index contributed by atoms with van der Waals surface area (Å²) in [5.74, 6) is -1.21. The zero-order valence-corrected chi connectivity index (χ0v) is 18.7. The molecule has 164 valence electrons. The van der Waals surface area contributed by atoms with Crippen molar-refractivity contribution in [2.75, 3.05) is 43.4 Å². The monoisotopic (exact) mass is 420 g/mol. The first-order chi connectivity index (χ1) is 14.9. The number of fused-ring (bicyclic) bond motifs is 1. The van der Waals surface area contributed by atoms with Gasteiger partial charge in [0.05, 0.1) is 6.04 Å². The molecule has 2 heterocycles. The van der Waals surface area contributed by atoms with Crippen LogP contribution in [0.4, 0.5) is 11.4 Å². The standard InChI is InChI=1S/C25H32N4O2/c1-17-7-6-8-18(2)23(17)27-25(31)24(30)26-16-22(29-12-4-5-13-29)19-9-10-21-20(15-19)11-14-28(21)3/h6-10,15,22H,4-5,11-14,16H2,1-3H3,(H,26,30)(H,27,31). The third-order valence-corrected chi connectivity index (χ3v) is 6.58. The van der Waals surface area contributed by atoms with Crippen molar-refractivity contribution in [2.24, 2.45) is 0 Å². The minimum absolute atomic E-state index is 0.0793. The van der Waals surface area contributed by atoms with Gasteiger partial charge >= 0.3 is 11.8 Å². The summed E-state index contributed by atoms with van der Waals surface area (Å²) in [4.78, 5) is 29.8. The van der Waals surface area contributed by atoms with Crippen LogP contribution < -0.4 is 15.5 Å². The molecular weight excluding hydrogens is 388 g/mol. The number of rotatable bonds is 5. The van der Waals surface area contributed by atoms with E-state index in [4.69, 9.17) is 0 Å². The second-order valence-corrected chi connectivity index (χ2v) is 8.75. The quantitative estimate of drug-likeness (QED) is 0.730. The number of benzene rings is 2. The van der Waals surface area contributed by atoms with Crippen LogP contribution in [-0.4, -0.2) is 49.9 Å². The van der Waals surface area contributed by atoms with E-state index in [-0.39, 0.29) is 6.04 Å². The van der Waals surface area contributed by atoms with Crippen molar-refractivity contribution in [1.82, 2.24) is 10.2 Å². The molecule has 1 unspecified atom stereocenters. The highest BCUT2D eigenvalue weighted by Gasteiger charge is 2.27. The van der Waals surface area contributed by atoms with Crippen molar-refractivity contribution in [3.63, 3.8) is 0 Å². The van der Waals surface area contributed by atoms with Crippen LogP contribution in [0.5, 0.6) is 0 Å². The van der Waals surface area contributed by atoms with Gasteiger partial charge in [0, 0.05) is 31.5 Å². The Bertz CT molecular complexity index is 961. The Hall–Kier alpha value is -2.86. The molecule has 31 heavy (non-hydrogen) atoms. The van der Waals surface area contributed by atoms with Gasteiger partial charge in [-0.2, -0.15) is 0 Å². The van der Waals surface area contributed by atoms with Gasteiger partial charge in [0.25, 0.3) is 0 Å². The van der Waals surface area contributed by atoms with Crippen molar-refractivity contribution < 1.29 is 9.59 Å². The van der Waals surface area contributed by atoms with Gasteiger partial charge in [-0.1, -0.05) is 30.3 Å². The Balaban J connectivity index is 1.45. The van der Waals surface area contributed by atoms with Crippen LogP contribution in [-0.2, 0) is 16.0 Å². The number of likely N-dealkylation sites (tertiary alicyclic amines) is 1. The summed E-state index contributed by atoms with van der Waals surface area (Å²) in [7, 11) is 2.12. The van der Waals surface area contributed by atoms with Gasteiger partial charge in [0.2, 0.25) is 0 Å². The predicted molar refractivity (Wildman–Crippen MR) is 125 cm³/mol. The molecule has 0 aromatic heterocycles. The highest BCUT2D eigenvalue weighted by Crippen LogP contribution is 2.32. The molecule has 0 bridgehead atoms. The molecule has 0 saturated carbocycles. The Morgan fingerprint density at radius 3 is 2.42 bits per heavy atom. The van der Waals surface area contributed by atoms with E-state index in [0.717, 1.165) is 37.2 Å². The molecule has 2 aromatic rings. The third kappa shape index (κ3) is 4.59. The van der Waals surface area contributed by atoms with Gasteiger partial charge < -0.3 is 15.5 Å². The van der Waals surface area contributed by atoms with E-state index in [0.29, 0.717) is 12.2 Å². The summed E-state index contributed by atoms with van der Waals surface area (Å²) in [5, 5.41) is 5.67. The number of para-hydroxylation sites is 1. The van der Waals surface area contributed by atoms with E-state index in [2.05, 4.69) is 45.7 Å². The number of hydrogen-bond donors (Lipinski definition) is 2. The number of nitrogens with zero attached hydrogens (tertiary/aromatic N) is 2. The lowest BCUT2D eigenvalue weighted by molar-refractivity contribution is -0.136. The van der Waals surface area contributed by atoms with E-state index >= 15 is 0 Å². The molecule has 0 aliphatic carbocycles. The maximum atomic E-state index is 12.6. The Labute approximate surface area is 184 Å². The fraction of sp³-hybridized carbons (Fsp3) is 0.440. The van der Waals surface area contributed by atoms with Gasteiger partial charge in [-0.25, -0.2) is 0 Å². The molecule has 2 N–H and O–H groups in total. The third-order valence-electron chi connectivity index (χ3n) is 6.58. The van der Waals surface area contributed by atoms with E-state index in [1.54, 1.807) is 0 Å². The average molecular weight is 421 g/mol. The lowest BCUT2D eigenvalue weighted by Crippen LogP contribution is -2.41. The molecule has 2 aliphatic heterocycles. The van der Waals surface area contributed by atoms with Gasteiger partial charge in [0.15, 0.2) is 0 Å². The summed E-state index contributed by atoms with van der Waals surface area (Å²) in [6, 6.07) is 12.5. The van der Waals surface area contributed by atoms with Crippen molar-refractivity contribution in [2.45, 2.75) is 39.2 Å². The first-order valence-corrected chi connectivity index (χ1v) is 11.2. The highest BCUT2D eigenvalue weighted by atomic mass is 16.2. The lowest BCUT2D eigenvalue weighted by atomic mass is 10.0. The average Bonchev–Trinajstić information content (AvgIpc) is 3.41. The first-order valence-electron chi connectivity index (χ1n) is 11.2. The number of amides is 2. The molecule has 1 fully saturated rings. The molecule has 0 spiro atoms. The van der Waals surface area contributed by atoms with Gasteiger partial charge in [-0.15, -0.1) is 0 Å². The smallest absolute Gasteiger partial charge is 0.313 e. The maximum absolute atomic E-state index is 12.6. The number of aryl methyl sites for hydroxylation is 2. The number of carbonyl (C=O) groups is 2. The number of nitrogens with one attached hydrogen (secondary N) is 2. The van der Waals surface area contributed by atoms with E-state index in [9.17, 15) is 9.59 Å². The Kier molecular flexibility index (Phi) is 6.28. The van der Waals surface area contributed by atoms with Gasteiger partial charge in [-0.3, -0.25) is 14.5 Å². The topological polar surface area (TPSA) is 64.7 Å². The zero-order chi connectivity index (χ0) is 22.0. The second kappa shape index (κ2) is 9.10. The van der Waals surface area contributed by atoms with Crippen molar-refractivity contribution in [3.8, 4) is 0 Å². The molecule has 4 rings (SSSR count). The SMILES string of the molecule is Cc1cccc(C)c1NC(=O)C(=O)NCC(c1ccc2c(c1)CCN2C)N1CCCC1. The normalized spacial score (nSPS) is 16.8. The van der Waals surface area contributed by atoms with E-state index < -0.39 is 11.8 Å². The van der Waals surface area contributed by atoms with Crippen molar-refractivity contribution in [1.29, 1.82) is 0 Å². The number of likely N-dealkylation sites (N-methyl/N-ethyl adjacent to an activating group) is 1. The molecule has 1 atom stereocenters. The lowest BCUT2D eigenvalue weighted by Gasteiger charge is -2.28. The van der Waals surface area contributed by atoms with Crippen LogP contribution in [0.15, 0.2) is 36.4 Å². The van der Waals surface area contributed by atoms with Crippen LogP contribution in [0.1, 0.15) is 41.1 Å². The molecule has 0 radical (unpaired) electrons. The fourth-order valence-electron chi connectivity index (χ4n) is 4.76. The van der Waals surface area contributed by atoms with Crippen molar-refractivity contribution >= 4 is 23.2 Å². The number of hydrogen-bond acceptors (Lipinski definition) is 4. The molecular formula is C25H32N4O2. The maximum Gasteiger partial charge on any atom is 0.313 e. The molecule has 2 aromatic carbocycles. The zero-order valence-electron chi connectivity index (χ0n) is 18.7. The number of carbonyl (C=O) groups excluding carboxylic acids is 2. The van der Waals surface area contributed by atoms with Crippen LogP contribution in [0.3, 0.4) is 0 Å². The summed E-state index contributed by atoms with van der Waals surface area (Å²) >= 11 is 0. The molecule has 2 amide bonds. The van der Waals surface area contributed by atoms with Gasteiger partial charge in [0.1, 0.15) is 0 Å². The molecule has 2 aliphatic rings. The fourth-order valence-corrected chi connectivity index (χ4v) is 4.76. The molecule has 6 nitrogen and oxygen atoms in total. The highest BCUT2D eigenvalue weighted by molar-refractivity contribution is 6.39. The van der Waals surface area contributed by atoms with Gasteiger partial charge in [-0.05, 0) is 74.5 Å². The minimum Gasteiger partial charge on any atom is -0.374 e. The van der Waals surface area contributed by atoms with E-state index in [1.807, 2.05) is 32.0 Å². The Morgan fingerprint density at radius 1 is 1.00 bits per heavy atom. The first kappa shape index (κ1) is 21.4. The van der Waals surface area contributed by atoms with Crippen LogP contribution in [0.2, 0.25) is 0 Å².